The molecule has 14 heavy (non-hydrogen) atoms. The third-order valence-corrected chi connectivity index (χ3v) is 2.11. The summed E-state index contributed by atoms with van der Waals surface area (Å²) in [5, 5.41) is 8.16. The van der Waals surface area contributed by atoms with Crippen LogP contribution in [-0.2, 0) is 9.59 Å². The number of rotatable bonds is 8. The van der Waals surface area contributed by atoms with Crippen LogP contribution < -0.4 is 0 Å². The lowest BCUT2D eigenvalue weighted by molar-refractivity contribution is -0.133. The van der Waals surface area contributed by atoms with Gasteiger partial charge < -0.3 is 0 Å². The van der Waals surface area contributed by atoms with Crippen LogP contribution in [0.25, 0.3) is 0 Å². The van der Waals surface area contributed by atoms with E-state index in [0.717, 1.165) is 19.3 Å². The number of carbonyl (C=O) groups excluding carboxylic acids is 2. The van der Waals surface area contributed by atoms with E-state index in [9.17, 15) is 9.59 Å². The largest absolute Gasteiger partial charge is 0.297 e. The molecule has 0 saturated heterocycles. The third-order valence-electron chi connectivity index (χ3n) is 2.11. The van der Waals surface area contributed by atoms with Crippen molar-refractivity contribution in [1.82, 2.24) is 0 Å². The van der Waals surface area contributed by atoms with Crippen molar-refractivity contribution in [2.24, 2.45) is 0 Å². The molecule has 0 fully saturated rings. The average molecular weight is 195 g/mol. The molecule has 0 aliphatic heterocycles. The lowest BCUT2D eigenvalue weighted by Gasteiger charge is -1.98. The molecule has 0 amide bonds. The molecule has 0 aromatic rings. The summed E-state index contributed by atoms with van der Waals surface area (Å²) < 4.78 is 0. The van der Waals surface area contributed by atoms with Crippen molar-refractivity contribution in [3.05, 3.63) is 0 Å². The highest BCUT2D eigenvalue weighted by Gasteiger charge is 2.10. The molecule has 3 nitrogen and oxygen atoms in total. The number of carbonyl (C=O) groups is 2. The van der Waals surface area contributed by atoms with Gasteiger partial charge in [-0.3, -0.25) is 9.59 Å². The predicted molar refractivity (Wildman–Crippen MR) is 53.6 cm³/mol. The van der Waals surface area contributed by atoms with E-state index in [1.807, 2.05) is 0 Å². The van der Waals surface area contributed by atoms with Gasteiger partial charge in [0.15, 0.2) is 0 Å². The van der Waals surface area contributed by atoms with Gasteiger partial charge in [-0.05, 0) is 6.42 Å². The van der Waals surface area contributed by atoms with Gasteiger partial charge in [0.25, 0.3) is 5.78 Å². The SMILES string of the molecule is CCCCCCCCC(=O)C(=O)C#N. The first kappa shape index (κ1) is 12.8. The third kappa shape index (κ3) is 6.36. The van der Waals surface area contributed by atoms with E-state index in [1.54, 1.807) is 0 Å². The smallest absolute Gasteiger partial charge is 0.290 e. The van der Waals surface area contributed by atoms with Crippen molar-refractivity contribution in [3.8, 4) is 6.07 Å². The molecule has 0 aliphatic carbocycles. The Labute approximate surface area is 85.1 Å². The summed E-state index contributed by atoms with van der Waals surface area (Å²) in [4.78, 5) is 21.5. The van der Waals surface area contributed by atoms with Gasteiger partial charge in [-0.25, -0.2) is 0 Å². The second-order valence-corrected chi connectivity index (χ2v) is 3.38. The lowest BCUT2D eigenvalue weighted by atomic mass is 10.1. The molecule has 0 atom stereocenters. The van der Waals surface area contributed by atoms with Crippen LogP contribution in [0.5, 0.6) is 0 Å². The zero-order valence-electron chi connectivity index (χ0n) is 8.71. The molecule has 0 unspecified atom stereocenters. The molecule has 0 aromatic carbocycles. The minimum atomic E-state index is -0.904. The maximum atomic E-state index is 10.9. The normalized spacial score (nSPS) is 9.43. The fourth-order valence-corrected chi connectivity index (χ4v) is 1.24. The van der Waals surface area contributed by atoms with Gasteiger partial charge in [-0.15, -0.1) is 0 Å². The van der Waals surface area contributed by atoms with Crippen molar-refractivity contribution in [1.29, 1.82) is 5.26 Å². The van der Waals surface area contributed by atoms with Crippen LogP contribution in [0.15, 0.2) is 0 Å². The monoisotopic (exact) mass is 195 g/mol. The van der Waals surface area contributed by atoms with Gasteiger partial charge in [-0.2, -0.15) is 5.26 Å². The lowest BCUT2D eigenvalue weighted by Crippen LogP contribution is -2.10. The molecule has 78 valence electrons. The summed E-state index contributed by atoms with van der Waals surface area (Å²) in [5.74, 6) is -1.44. The predicted octanol–water partition coefficient (Wildman–Crippen LogP) is 2.40. The molecule has 3 heteroatoms. The van der Waals surface area contributed by atoms with Crippen molar-refractivity contribution >= 4 is 11.6 Å². The second-order valence-electron chi connectivity index (χ2n) is 3.38. The van der Waals surface area contributed by atoms with E-state index in [0.29, 0.717) is 0 Å². The van der Waals surface area contributed by atoms with E-state index >= 15 is 0 Å². The maximum Gasteiger partial charge on any atom is 0.297 e. The molecular formula is C11H17NO2. The minimum absolute atomic E-state index is 0.235. The number of nitriles is 1. The highest BCUT2D eigenvalue weighted by atomic mass is 16.2. The zero-order valence-corrected chi connectivity index (χ0v) is 8.71. The highest BCUT2D eigenvalue weighted by Crippen LogP contribution is 2.07. The summed E-state index contributed by atoms with van der Waals surface area (Å²) in [6.45, 7) is 2.15. The van der Waals surface area contributed by atoms with Crippen molar-refractivity contribution < 1.29 is 9.59 Å². The van der Waals surface area contributed by atoms with Crippen LogP contribution in [0.3, 0.4) is 0 Å². The van der Waals surface area contributed by atoms with Gasteiger partial charge >= 0.3 is 0 Å². The van der Waals surface area contributed by atoms with Gasteiger partial charge in [0, 0.05) is 6.42 Å². The number of unbranched alkanes of at least 4 members (excludes halogenated alkanes) is 5. The standard InChI is InChI=1S/C11H17NO2/c1-2-3-4-5-6-7-8-10(13)11(14)9-12/h2-8H2,1H3. The van der Waals surface area contributed by atoms with E-state index in [2.05, 4.69) is 6.92 Å². The minimum Gasteiger partial charge on any atom is -0.290 e. The topological polar surface area (TPSA) is 57.9 Å². The Balaban J connectivity index is 3.33. The number of Topliss-reactive ketones (excluding diaryl/α,β-unsaturated/α-hetero) is 2. The first-order chi connectivity index (χ1) is 6.72. The van der Waals surface area contributed by atoms with Crippen molar-refractivity contribution in [2.75, 3.05) is 0 Å². The van der Waals surface area contributed by atoms with E-state index < -0.39 is 11.6 Å². The van der Waals surface area contributed by atoms with Crippen molar-refractivity contribution in [3.63, 3.8) is 0 Å². The zero-order chi connectivity index (χ0) is 10.8. The van der Waals surface area contributed by atoms with Crippen LogP contribution in [0.2, 0.25) is 0 Å². The summed E-state index contributed by atoms with van der Waals surface area (Å²) in [6.07, 6.45) is 6.68. The van der Waals surface area contributed by atoms with Gasteiger partial charge in [0.2, 0.25) is 5.78 Å². The molecule has 0 aliphatic rings. The Kier molecular flexibility index (Phi) is 7.72. The molecule has 0 bridgehead atoms. The molecular weight excluding hydrogens is 178 g/mol. The molecule has 0 spiro atoms. The second kappa shape index (κ2) is 8.43. The van der Waals surface area contributed by atoms with Gasteiger partial charge in [-0.1, -0.05) is 39.0 Å². The molecule has 0 rings (SSSR count). The van der Waals surface area contributed by atoms with E-state index in [-0.39, 0.29) is 6.42 Å². The first-order valence-electron chi connectivity index (χ1n) is 5.19. The van der Waals surface area contributed by atoms with Crippen LogP contribution in [0, 0.1) is 11.3 Å². The fraction of sp³-hybridized carbons (Fsp3) is 0.727. The molecule has 0 heterocycles. The number of hydrogen-bond acceptors (Lipinski definition) is 3. The Morgan fingerprint density at radius 2 is 1.64 bits per heavy atom. The van der Waals surface area contributed by atoms with Crippen LogP contribution in [0.4, 0.5) is 0 Å². The quantitative estimate of drug-likeness (QED) is 0.339. The maximum absolute atomic E-state index is 10.9. The molecule has 0 saturated carbocycles. The first-order valence-corrected chi connectivity index (χ1v) is 5.19. The summed E-state index contributed by atoms with van der Waals surface area (Å²) >= 11 is 0. The Morgan fingerprint density at radius 1 is 1.07 bits per heavy atom. The van der Waals surface area contributed by atoms with Crippen LogP contribution in [-0.4, -0.2) is 11.6 Å². The number of hydrogen-bond donors (Lipinski definition) is 0. The Morgan fingerprint density at radius 3 is 2.21 bits per heavy atom. The Hall–Kier alpha value is -1.17. The molecule has 0 radical (unpaired) electrons. The average Bonchev–Trinajstić information content (AvgIpc) is 2.21. The van der Waals surface area contributed by atoms with Gasteiger partial charge in [0.05, 0.1) is 0 Å². The summed E-state index contributed by atoms with van der Waals surface area (Å²) in [5.41, 5.74) is 0. The number of nitrogens with zero attached hydrogens (tertiary/aromatic N) is 1. The molecule has 0 N–H and O–H groups in total. The van der Waals surface area contributed by atoms with E-state index in [4.69, 9.17) is 5.26 Å². The summed E-state index contributed by atoms with van der Waals surface area (Å²) in [7, 11) is 0. The van der Waals surface area contributed by atoms with Crippen molar-refractivity contribution in [2.45, 2.75) is 51.9 Å². The highest BCUT2D eigenvalue weighted by molar-refractivity contribution is 6.43. The molecule has 0 aromatic heterocycles. The Bertz CT molecular complexity index is 228. The fourth-order valence-electron chi connectivity index (χ4n) is 1.24. The number of ketones is 2. The van der Waals surface area contributed by atoms with Gasteiger partial charge in [0.1, 0.15) is 6.07 Å². The van der Waals surface area contributed by atoms with E-state index in [1.165, 1.54) is 25.3 Å². The van der Waals surface area contributed by atoms with Crippen LogP contribution in [0.1, 0.15) is 51.9 Å². The van der Waals surface area contributed by atoms with Crippen LogP contribution >= 0.6 is 0 Å². The summed E-state index contributed by atoms with van der Waals surface area (Å²) in [6, 6.07) is 1.34.